The second-order valence-electron chi connectivity index (χ2n) is 4.22. The molecular weight excluding hydrogens is 257 g/mol. The molecule has 19 heavy (non-hydrogen) atoms. The van der Waals surface area contributed by atoms with Crippen molar-refractivity contribution in [1.29, 1.82) is 0 Å². The Morgan fingerprint density at radius 3 is 2.47 bits per heavy atom. The highest BCUT2D eigenvalue weighted by Gasteiger charge is 2.13. The number of aliphatic carboxylic acids is 1. The van der Waals surface area contributed by atoms with Crippen molar-refractivity contribution in [3.05, 3.63) is 60.4 Å². The van der Waals surface area contributed by atoms with Crippen LogP contribution in [0.1, 0.15) is 12.1 Å². The number of carbonyl (C=O) groups is 1. The number of hydrogen-bond acceptors (Lipinski definition) is 2. The van der Waals surface area contributed by atoms with Gasteiger partial charge in [-0.15, -0.1) is 0 Å². The molecule has 0 saturated heterocycles. The van der Waals surface area contributed by atoms with Crippen LogP contribution >= 0.6 is 7.92 Å². The number of benzene rings is 1. The molecule has 0 bridgehead atoms. The summed E-state index contributed by atoms with van der Waals surface area (Å²) < 4.78 is 0. The Morgan fingerprint density at radius 1 is 1.11 bits per heavy atom. The molecule has 1 heterocycles. The lowest BCUT2D eigenvalue weighted by Gasteiger charge is -2.16. The molecule has 98 valence electrons. The summed E-state index contributed by atoms with van der Waals surface area (Å²) in [5.74, 6) is -0.732. The van der Waals surface area contributed by atoms with Crippen LogP contribution in [0.25, 0.3) is 0 Å². The van der Waals surface area contributed by atoms with E-state index in [-0.39, 0.29) is 6.42 Å². The van der Waals surface area contributed by atoms with E-state index in [0.29, 0.717) is 6.16 Å². The predicted octanol–water partition coefficient (Wildman–Crippen LogP) is 2.86. The molecule has 2 rings (SSSR count). The number of pyridine rings is 1. The maximum absolute atomic E-state index is 10.8. The summed E-state index contributed by atoms with van der Waals surface area (Å²) in [5, 5.41) is 10.1. The van der Waals surface area contributed by atoms with Gasteiger partial charge in [0.25, 0.3) is 0 Å². The van der Waals surface area contributed by atoms with Crippen LogP contribution in [0.3, 0.4) is 0 Å². The Morgan fingerprint density at radius 2 is 1.84 bits per heavy atom. The fourth-order valence-electron chi connectivity index (χ4n) is 1.86. The SMILES string of the molecule is O=C(O)CCP(Cc1ccccn1)c1ccccc1. The van der Waals surface area contributed by atoms with E-state index in [1.807, 2.05) is 36.4 Å². The number of rotatable bonds is 6. The van der Waals surface area contributed by atoms with Crippen molar-refractivity contribution in [2.75, 3.05) is 6.16 Å². The number of aromatic nitrogens is 1. The Hall–Kier alpha value is -1.73. The third-order valence-corrected chi connectivity index (χ3v) is 5.29. The molecule has 0 saturated carbocycles. The van der Waals surface area contributed by atoms with E-state index >= 15 is 0 Å². The molecule has 4 heteroatoms. The summed E-state index contributed by atoms with van der Waals surface area (Å²) in [7, 11) is -0.508. The number of carboxylic acid groups (broad SMARTS) is 1. The molecule has 0 aliphatic rings. The van der Waals surface area contributed by atoms with Crippen molar-refractivity contribution in [2.45, 2.75) is 12.6 Å². The standard InChI is InChI=1S/C15H16NO2P/c17-15(18)9-11-19(14-7-2-1-3-8-14)12-13-6-4-5-10-16-13/h1-8,10H,9,11-12H2,(H,17,18). The quantitative estimate of drug-likeness (QED) is 0.823. The van der Waals surface area contributed by atoms with Crippen molar-refractivity contribution in [2.24, 2.45) is 0 Å². The highest BCUT2D eigenvalue weighted by Crippen LogP contribution is 2.38. The monoisotopic (exact) mass is 273 g/mol. The summed E-state index contributed by atoms with van der Waals surface area (Å²) in [6.07, 6.45) is 3.54. The smallest absolute Gasteiger partial charge is 0.303 e. The van der Waals surface area contributed by atoms with Gasteiger partial charge in [0.05, 0.1) is 0 Å². The van der Waals surface area contributed by atoms with Gasteiger partial charge < -0.3 is 5.11 Å². The highest BCUT2D eigenvalue weighted by atomic mass is 31.1. The molecule has 0 amide bonds. The van der Waals surface area contributed by atoms with Gasteiger partial charge in [0.1, 0.15) is 0 Å². The van der Waals surface area contributed by atoms with Gasteiger partial charge in [-0.1, -0.05) is 44.3 Å². The van der Waals surface area contributed by atoms with Crippen molar-refractivity contribution in [3.8, 4) is 0 Å². The molecule has 1 unspecified atom stereocenters. The van der Waals surface area contributed by atoms with Crippen LogP contribution in [0.5, 0.6) is 0 Å². The molecule has 2 aromatic rings. The Labute approximate surface area is 114 Å². The fraction of sp³-hybridized carbons (Fsp3) is 0.200. The third kappa shape index (κ3) is 4.46. The normalized spacial score (nSPS) is 12.0. The number of hydrogen-bond donors (Lipinski definition) is 1. The average Bonchev–Trinajstić information content (AvgIpc) is 2.45. The van der Waals surface area contributed by atoms with Gasteiger partial charge in [0, 0.05) is 24.5 Å². The van der Waals surface area contributed by atoms with Gasteiger partial charge in [0.2, 0.25) is 0 Å². The van der Waals surface area contributed by atoms with Crippen molar-refractivity contribution < 1.29 is 9.90 Å². The minimum Gasteiger partial charge on any atom is -0.481 e. The van der Waals surface area contributed by atoms with Crippen LogP contribution < -0.4 is 5.30 Å². The second kappa shape index (κ2) is 7.01. The molecule has 0 spiro atoms. The lowest BCUT2D eigenvalue weighted by atomic mass is 10.4. The van der Waals surface area contributed by atoms with E-state index < -0.39 is 13.9 Å². The zero-order valence-electron chi connectivity index (χ0n) is 10.6. The van der Waals surface area contributed by atoms with Crippen molar-refractivity contribution >= 4 is 19.2 Å². The molecule has 0 aliphatic heterocycles. The Bertz CT molecular complexity index is 516. The van der Waals surface area contributed by atoms with Gasteiger partial charge in [-0.2, -0.15) is 0 Å². The summed E-state index contributed by atoms with van der Waals surface area (Å²) in [4.78, 5) is 15.1. The second-order valence-corrected chi connectivity index (χ2v) is 6.58. The third-order valence-electron chi connectivity index (χ3n) is 2.80. The van der Waals surface area contributed by atoms with Crippen LogP contribution in [0.4, 0.5) is 0 Å². The van der Waals surface area contributed by atoms with Gasteiger partial charge in [-0.3, -0.25) is 9.78 Å². The van der Waals surface area contributed by atoms with E-state index in [1.54, 1.807) is 6.20 Å². The number of carboxylic acids is 1. The van der Waals surface area contributed by atoms with E-state index in [0.717, 1.165) is 11.9 Å². The highest BCUT2D eigenvalue weighted by molar-refractivity contribution is 7.64. The van der Waals surface area contributed by atoms with Crippen LogP contribution in [0.15, 0.2) is 54.7 Å². The first-order valence-electron chi connectivity index (χ1n) is 6.17. The van der Waals surface area contributed by atoms with Crippen LogP contribution in [0.2, 0.25) is 0 Å². The summed E-state index contributed by atoms with van der Waals surface area (Å²) in [6, 6.07) is 16.0. The van der Waals surface area contributed by atoms with Crippen LogP contribution in [0, 0.1) is 0 Å². The molecular formula is C15H16NO2P. The zero-order valence-corrected chi connectivity index (χ0v) is 11.5. The molecule has 0 radical (unpaired) electrons. The summed E-state index contributed by atoms with van der Waals surface area (Å²) >= 11 is 0. The minimum absolute atomic E-state index is 0.216. The molecule has 3 nitrogen and oxygen atoms in total. The first kappa shape index (κ1) is 13.7. The largest absolute Gasteiger partial charge is 0.481 e. The molecule has 0 fully saturated rings. The topological polar surface area (TPSA) is 50.2 Å². The van der Waals surface area contributed by atoms with Crippen LogP contribution in [-0.2, 0) is 11.0 Å². The first-order chi connectivity index (χ1) is 9.25. The Balaban J connectivity index is 2.12. The van der Waals surface area contributed by atoms with E-state index in [2.05, 4.69) is 17.1 Å². The van der Waals surface area contributed by atoms with Gasteiger partial charge >= 0.3 is 5.97 Å². The summed E-state index contributed by atoms with van der Waals surface area (Å²) in [5.41, 5.74) is 1.03. The van der Waals surface area contributed by atoms with Gasteiger partial charge in [-0.25, -0.2) is 0 Å². The number of nitrogens with zero attached hydrogens (tertiary/aromatic N) is 1. The fourth-order valence-corrected chi connectivity index (χ4v) is 4.09. The van der Waals surface area contributed by atoms with E-state index in [1.165, 1.54) is 5.30 Å². The Kier molecular flexibility index (Phi) is 5.05. The molecule has 1 N–H and O–H groups in total. The lowest BCUT2D eigenvalue weighted by Crippen LogP contribution is -2.08. The first-order valence-corrected chi connectivity index (χ1v) is 7.88. The minimum atomic E-state index is -0.732. The van der Waals surface area contributed by atoms with Gasteiger partial charge in [0.15, 0.2) is 0 Å². The maximum Gasteiger partial charge on any atom is 0.303 e. The van der Waals surface area contributed by atoms with Crippen LogP contribution in [-0.4, -0.2) is 22.2 Å². The van der Waals surface area contributed by atoms with Crippen molar-refractivity contribution in [1.82, 2.24) is 4.98 Å². The molecule has 1 atom stereocenters. The zero-order chi connectivity index (χ0) is 13.5. The van der Waals surface area contributed by atoms with E-state index in [4.69, 9.17) is 5.11 Å². The predicted molar refractivity (Wildman–Crippen MR) is 78.1 cm³/mol. The summed E-state index contributed by atoms with van der Waals surface area (Å²) in [6.45, 7) is 0. The molecule has 1 aromatic heterocycles. The van der Waals surface area contributed by atoms with Gasteiger partial charge in [-0.05, 0) is 23.6 Å². The molecule has 0 aliphatic carbocycles. The average molecular weight is 273 g/mol. The van der Waals surface area contributed by atoms with E-state index in [9.17, 15) is 4.79 Å². The maximum atomic E-state index is 10.8. The van der Waals surface area contributed by atoms with Crippen molar-refractivity contribution in [3.63, 3.8) is 0 Å². The molecule has 1 aromatic carbocycles. The lowest BCUT2D eigenvalue weighted by molar-refractivity contribution is -0.136.